The first kappa shape index (κ1) is 8.76. The smallest absolute Gasteiger partial charge is 0.165 e. The first-order valence-corrected chi connectivity index (χ1v) is 2.52. The van der Waals surface area contributed by atoms with Gasteiger partial charge in [-0.2, -0.15) is 10.5 Å². The summed E-state index contributed by atoms with van der Waals surface area (Å²) in [5.41, 5.74) is 0. The lowest BCUT2D eigenvalue weighted by Gasteiger charge is -2.21. The van der Waals surface area contributed by atoms with Gasteiger partial charge in [-0.05, 0) is 12.0 Å². The molecule has 56 valence electrons. The zero-order chi connectivity index (χ0) is 7.28. The molecule has 0 aromatic rings. The fourth-order valence-electron chi connectivity index (χ4n) is 0.341. The summed E-state index contributed by atoms with van der Waals surface area (Å²) >= 11 is 0. The van der Waals surface area contributed by atoms with Crippen molar-refractivity contribution in [2.45, 2.75) is 0 Å². The summed E-state index contributed by atoms with van der Waals surface area (Å²) in [4.78, 5) is 4.15. The molecule has 0 bridgehead atoms. The monoisotopic (exact) mass is 137 g/mol. The second-order valence-corrected chi connectivity index (χ2v) is 1.50. The molecule has 3 N–H and O–H groups in total. The van der Waals surface area contributed by atoms with E-state index in [0.29, 0.717) is 0 Å². The molecule has 0 spiro atoms. The molecule has 0 radical (unpaired) electrons. The van der Waals surface area contributed by atoms with Crippen LogP contribution < -0.4 is 15.8 Å². The van der Waals surface area contributed by atoms with Gasteiger partial charge in [0.25, 0.3) is 0 Å². The molecular formula is C3H11N3O3. The van der Waals surface area contributed by atoms with Crippen LogP contribution in [-0.2, 0) is 4.94 Å². The molecule has 0 aliphatic heterocycles. The summed E-state index contributed by atoms with van der Waals surface area (Å²) in [6, 6.07) is 0. The van der Waals surface area contributed by atoms with Crippen molar-refractivity contribution >= 4 is 0 Å². The molecule has 0 fully saturated rings. The van der Waals surface area contributed by atoms with E-state index in [1.807, 2.05) is 0 Å². The van der Waals surface area contributed by atoms with Crippen LogP contribution in [0, 0.1) is 10.4 Å². The molecule has 0 heterocycles. The first-order chi connectivity index (χ1) is 4.16. The highest BCUT2D eigenvalue weighted by Gasteiger charge is 1.96. The van der Waals surface area contributed by atoms with Crippen molar-refractivity contribution in [1.29, 1.82) is 0 Å². The third-order valence-electron chi connectivity index (χ3n) is 0.579. The van der Waals surface area contributed by atoms with Gasteiger partial charge in [-0.1, -0.05) is 0 Å². The largest absolute Gasteiger partial charge is 0.596 e. The minimum atomic E-state index is -0.574. The summed E-state index contributed by atoms with van der Waals surface area (Å²) in [5.74, 6) is 0. The Morgan fingerprint density at radius 2 is 2.11 bits per heavy atom. The third-order valence-corrected chi connectivity index (χ3v) is 0.579. The summed E-state index contributed by atoms with van der Waals surface area (Å²) in [5, 5.41) is 21.8. The fraction of sp³-hybridized carbons (Fsp3) is 1.00. The van der Waals surface area contributed by atoms with E-state index in [1.165, 1.54) is 7.05 Å². The molecule has 0 saturated carbocycles. The standard InChI is InChI=1S/C3H11N3O3/c1-4-3-6(8)9-5(2)7/h4-6H,3H2,1-2H3. The van der Waals surface area contributed by atoms with Gasteiger partial charge in [-0.3, -0.25) is 5.32 Å². The van der Waals surface area contributed by atoms with Crippen LogP contribution in [0.3, 0.4) is 0 Å². The van der Waals surface area contributed by atoms with E-state index in [4.69, 9.17) is 0 Å². The molecule has 0 aromatic carbocycles. The molecular weight excluding hydrogens is 126 g/mol. The van der Waals surface area contributed by atoms with Crippen LogP contribution in [-0.4, -0.2) is 20.8 Å². The van der Waals surface area contributed by atoms with Crippen molar-refractivity contribution in [1.82, 2.24) is 5.32 Å². The van der Waals surface area contributed by atoms with E-state index in [9.17, 15) is 10.4 Å². The molecule has 2 atom stereocenters. The predicted molar refractivity (Wildman–Crippen MR) is 29.6 cm³/mol. The minimum absolute atomic E-state index is 0.0690. The van der Waals surface area contributed by atoms with Gasteiger partial charge >= 0.3 is 0 Å². The molecule has 0 saturated heterocycles. The van der Waals surface area contributed by atoms with Crippen molar-refractivity contribution < 1.29 is 15.4 Å². The lowest BCUT2D eigenvalue weighted by molar-refractivity contribution is -1.31. The SMILES string of the molecule is CNC[NH+]([O-])O[NH+](C)[O-]. The van der Waals surface area contributed by atoms with Crippen molar-refractivity contribution in [3.8, 4) is 0 Å². The van der Waals surface area contributed by atoms with E-state index in [2.05, 4.69) is 10.3 Å². The van der Waals surface area contributed by atoms with Crippen molar-refractivity contribution in [2.24, 2.45) is 0 Å². The van der Waals surface area contributed by atoms with Gasteiger partial charge in [0.05, 0.1) is 0 Å². The molecule has 6 heteroatoms. The van der Waals surface area contributed by atoms with Gasteiger partial charge in [-0.15, -0.1) is 0 Å². The second-order valence-electron chi connectivity index (χ2n) is 1.50. The highest BCUT2D eigenvalue weighted by molar-refractivity contribution is 4.08. The maximum atomic E-state index is 10.3. The Balaban J connectivity index is 3.15. The van der Waals surface area contributed by atoms with E-state index in [-0.39, 0.29) is 6.67 Å². The maximum Gasteiger partial charge on any atom is 0.165 e. The third kappa shape index (κ3) is 5.63. The van der Waals surface area contributed by atoms with Crippen molar-refractivity contribution in [3.05, 3.63) is 10.4 Å². The lowest BCUT2D eigenvalue weighted by Crippen LogP contribution is -3.24. The van der Waals surface area contributed by atoms with E-state index in [0.717, 1.165) is 0 Å². The Morgan fingerprint density at radius 3 is 2.44 bits per heavy atom. The maximum absolute atomic E-state index is 10.3. The Morgan fingerprint density at radius 1 is 1.56 bits per heavy atom. The Kier molecular flexibility index (Phi) is 4.50. The fourth-order valence-corrected chi connectivity index (χ4v) is 0.341. The normalized spacial score (nSPS) is 17.3. The Labute approximate surface area is 53.1 Å². The van der Waals surface area contributed by atoms with E-state index in [1.54, 1.807) is 7.05 Å². The lowest BCUT2D eigenvalue weighted by atomic mass is 11.1. The average molecular weight is 137 g/mol. The Bertz CT molecular complexity index is 69.3. The first-order valence-electron chi connectivity index (χ1n) is 2.52. The Hall–Kier alpha value is -0.240. The highest BCUT2D eigenvalue weighted by Crippen LogP contribution is 1.32. The van der Waals surface area contributed by atoms with Crippen LogP contribution in [0.4, 0.5) is 0 Å². The molecule has 0 aliphatic carbocycles. The van der Waals surface area contributed by atoms with Crippen LogP contribution in [0.2, 0.25) is 0 Å². The molecule has 6 nitrogen and oxygen atoms in total. The van der Waals surface area contributed by atoms with Gasteiger partial charge in [-0.25, -0.2) is 0 Å². The highest BCUT2D eigenvalue weighted by atomic mass is 17.1. The van der Waals surface area contributed by atoms with Gasteiger partial charge in [0.1, 0.15) is 7.05 Å². The van der Waals surface area contributed by atoms with Gasteiger partial charge in [0.15, 0.2) is 6.67 Å². The van der Waals surface area contributed by atoms with Crippen LogP contribution in [0.15, 0.2) is 0 Å². The zero-order valence-corrected chi connectivity index (χ0v) is 5.43. The molecule has 0 amide bonds. The summed E-state index contributed by atoms with van der Waals surface area (Å²) in [7, 11) is 2.79. The number of hydrogen-bond acceptors (Lipinski definition) is 4. The summed E-state index contributed by atoms with van der Waals surface area (Å²) in [6.45, 7) is 0.0690. The quantitative estimate of drug-likeness (QED) is 0.276. The van der Waals surface area contributed by atoms with Crippen molar-refractivity contribution in [2.75, 3.05) is 20.8 Å². The zero-order valence-electron chi connectivity index (χ0n) is 5.43. The number of nitrogens with one attached hydrogen (secondary N) is 3. The van der Waals surface area contributed by atoms with Crippen molar-refractivity contribution in [3.63, 3.8) is 0 Å². The van der Waals surface area contributed by atoms with E-state index < -0.39 is 10.5 Å². The van der Waals surface area contributed by atoms with Crippen LogP contribution in [0.25, 0.3) is 0 Å². The van der Waals surface area contributed by atoms with Crippen LogP contribution in [0.5, 0.6) is 0 Å². The topological polar surface area (TPSA) is 76.3 Å². The predicted octanol–water partition coefficient (Wildman–Crippen LogP) is -3.59. The molecule has 2 unspecified atom stereocenters. The number of hydroxylamine groups is 4. The number of hydrogen-bond donors (Lipinski definition) is 3. The van der Waals surface area contributed by atoms with Gasteiger partial charge in [0, 0.05) is 0 Å². The number of quaternary nitrogens is 2. The second kappa shape index (κ2) is 4.62. The molecule has 0 aliphatic rings. The minimum Gasteiger partial charge on any atom is -0.596 e. The summed E-state index contributed by atoms with van der Waals surface area (Å²) < 4.78 is 0. The van der Waals surface area contributed by atoms with Crippen LogP contribution >= 0.6 is 0 Å². The molecule has 0 rings (SSSR count). The van der Waals surface area contributed by atoms with Crippen LogP contribution in [0.1, 0.15) is 0 Å². The van der Waals surface area contributed by atoms with E-state index >= 15 is 0 Å². The van der Waals surface area contributed by atoms with Gasteiger partial charge < -0.3 is 10.4 Å². The number of rotatable bonds is 4. The molecule has 9 heavy (non-hydrogen) atoms. The summed E-state index contributed by atoms with van der Waals surface area (Å²) in [6.07, 6.45) is 0. The molecule has 0 aromatic heterocycles. The van der Waals surface area contributed by atoms with Gasteiger partial charge in [0.2, 0.25) is 0 Å². The average Bonchev–Trinajstić information content (AvgIpc) is 1.63.